The van der Waals surface area contributed by atoms with Gasteiger partial charge in [-0.3, -0.25) is 10.1 Å². The zero-order chi connectivity index (χ0) is 15.2. The number of carbonyl (C=O) groups is 1. The minimum atomic E-state index is -0.659. The molecule has 0 radical (unpaired) electrons. The molecule has 2 N–H and O–H groups in total. The number of aromatic amines is 1. The summed E-state index contributed by atoms with van der Waals surface area (Å²) in [6.07, 6.45) is -0.659. The fraction of sp³-hybridized carbons (Fsp3) is 0.357. The molecule has 1 amide bonds. The molecule has 112 valence electrons. The highest BCUT2D eigenvalue weighted by Gasteiger charge is 2.16. The summed E-state index contributed by atoms with van der Waals surface area (Å²) < 4.78 is 10.7. The summed E-state index contributed by atoms with van der Waals surface area (Å²) in [5, 5.41) is 8.95. The summed E-state index contributed by atoms with van der Waals surface area (Å²) in [7, 11) is 0. The van der Waals surface area contributed by atoms with Gasteiger partial charge in [0.2, 0.25) is 5.95 Å². The average Bonchev–Trinajstić information content (AvgIpc) is 2.89. The van der Waals surface area contributed by atoms with Gasteiger partial charge in [0.15, 0.2) is 6.10 Å². The lowest BCUT2D eigenvalue weighted by Gasteiger charge is -2.13. The number of amides is 1. The zero-order valence-corrected chi connectivity index (χ0v) is 12.2. The van der Waals surface area contributed by atoms with Gasteiger partial charge >= 0.3 is 6.01 Å². The number of H-pyrrole nitrogens is 1. The number of nitrogens with one attached hydrogen (secondary N) is 2. The van der Waals surface area contributed by atoms with Gasteiger partial charge in [-0.05, 0) is 32.9 Å². The number of aryl methyl sites for hydroxylation is 1. The molecule has 1 unspecified atom stereocenters. The fourth-order valence-electron chi connectivity index (χ4n) is 1.59. The van der Waals surface area contributed by atoms with Gasteiger partial charge < -0.3 is 9.47 Å². The Kier molecular flexibility index (Phi) is 4.76. The minimum Gasteiger partial charge on any atom is -0.481 e. The number of hydrogen-bond donors (Lipinski definition) is 2. The standard InChI is InChI=1S/C14H18N4O3/c1-4-20-14-16-13(17-18-14)15-12(19)10(3)21-11-7-5-9(2)6-8-11/h5-8,10H,4H2,1-3H3,(H2,15,16,17,18,19). The van der Waals surface area contributed by atoms with Crippen LogP contribution in [0.5, 0.6) is 11.8 Å². The van der Waals surface area contributed by atoms with Crippen molar-refractivity contribution in [1.29, 1.82) is 0 Å². The Morgan fingerprint density at radius 3 is 2.76 bits per heavy atom. The molecule has 0 fully saturated rings. The Morgan fingerprint density at radius 2 is 2.10 bits per heavy atom. The van der Waals surface area contributed by atoms with Crippen LogP contribution < -0.4 is 14.8 Å². The second-order valence-electron chi connectivity index (χ2n) is 4.46. The molecular formula is C14H18N4O3. The molecule has 2 aromatic rings. The summed E-state index contributed by atoms with van der Waals surface area (Å²) in [4.78, 5) is 16.0. The molecule has 1 aromatic carbocycles. The normalized spacial score (nSPS) is 11.8. The number of aromatic nitrogens is 3. The zero-order valence-electron chi connectivity index (χ0n) is 12.2. The number of benzene rings is 1. The summed E-state index contributed by atoms with van der Waals surface area (Å²) in [6, 6.07) is 7.68. The molecule has 0 saturated carbocycles. The van der Waals surface area contributed by atoms with Gasteiger partial charge in [0.05, 0.1) is 6.61 Å². The second kappa shape index (κ2) is 6.74. The van der Waals surface area contributed by atoms with E-state index >= 15 is 0 Å². The Bertz CT molecular complexity index is 595. The summed E-state index contributed by atoms with van der Waals surface area (Å²) in [6.45, 7) is 5.93. The van der Waals surface area contributed by atoms with Crippen LogP contribution >= 0.6 is 0 Å². The van der Waals surface area contributed by atoms with Crippen LogP contribution in [0.2, 0.25) is 0 Å². The Balaban J connectivity index is 1.90. The van der Waals surface area contributed by atoms with Gasteiger partial charge in [0.25, 0.3) is 5.91 Å². The summed E-state index contributed by atoms with van der Waals surface area (Å²) in [5.74, 6) is 0.536. The van der Waals surface area contributed by atoms with Crippen molar-refractivity contribution in [2.75, 3.05) is 11.9 Å². The molecule has 7 nitrogen and oxygen atoms in total. The maximum Gasteiger partial charge on any atom is 0.337 e. The number of anilines is 1. The van der Waals surface area contributed by atoms with E-state index in [1.54, 1.807) is 6.92 Å². The molecule has 0 aliphatic heterocycles. The van der Waals surface area contributed by atoms with E-state index in [-0.39, 0.29) is 17.9 Å². The SMILES string of the molecule is CCOc1n[nH]c(NC(=O)C(C)Oc2ccc(C)cc2)n1. The molecule has 1 heterocycles. The molecule has 21 heavy (non-hydrogen) atoms. The fourth-order valence-corrected chi connectivity index (χ4v) is 1.59. The molecule has 0 aliphatic rings. The molecule has 0 saturated heterocycles. The van der Waals surface area contributed by atoms with E-state index in [1.165, 1.54) is 0 Å². The van der Waals surface area contributed by atoms with Gasteiger partial charge in [-0.15, -0.1) is 5.10 Å². The van der Waals surface area contributed by atoms with Crippen LogP contribution in [0.4, 0.5) is 5.95 Å². The largest absolute Gasteiger partial charge is 0.481 e. The van der Waals surface area contributed by atoms with Crippen LogP contribution in [-0.2, 0) is 4.79 Å². The topological polar surface area (TPSA) is 89.1 Å². The van der Waals surface area contributed by atoms with E-state index in [9.17, 15) is 4.79 Å². The Hall–Kier alpha value is -2.57. The smallest absolute Gasteiger partial charge is 0.337 e. The van der Waals surface area contributed by atoms with Crippen molar-refractivity contribution in [1.82, 2.24) is 15.2 Å². The first-order chi connectivity index (χ1) is 10.1. The lowest BCUT2D eigenvalue weighted by molar-refractivity contribution is -0.122. The van der Waals surface area contributed by atoms with E-state index in [1.807, 2.05) is 38.1 Å². The quantitative estimate of drug-likeness (QED) is 0.848. The number of carbonyl (C=O) groups excluding carboxylic acids is 1. The average molecular weight is 290 g/mol. The van der Waals surface area contributed by atoms with E-state index in [0.717, 1.165) is 5.56 Å². The second-order valence-corrected chi connectivity index (χ2v) is 4.46. The van der Waals surface area contributed by atoms with Crippen molar-refractivity contribution >= 4 is 11.9 Å². The predicted molar refractivity (Wildman–Crippen MR) is 77.5 cm³/mol. The third kappa shape index (κ3) is 4.20. The van der Waals surface area contributed by atoms with Crippen LogP contribution in [0.15, 0.2) is 24.3 Å². The molecule has 7 heteroatoms. The maximum absolute atomic E-state index is 12.0. The van der Waals surface area contributed by atoms with Crippen molar-refractivity contribution in [3.63, 3.8) is 0 Å². The maximum atomic E-state index is 12.0. The Labute approximate surface area is 122 Å². The number of rotatable bonds is 6. The molecular weight excluding hydrogens is 272 g/mol. The molecule has 0 aliphatic carbocycles. The predicted octanol–water partition coefficient (Wildman–Crippen LogP) is 1.92. The third-order valence-corrected chi connectivity index (χ3v) is 2.68. The van der Waals surface area contributed by atoms with Gasteiger partial charge in [-0.25, -0.2) is 5.10 Å². The third-order valence-electron chi connectivity index (χ3n) is 2.68. The van der Waals surface area contributed by atoms with Crippen molar-refractivity contribution in [2.45, 2.75) is 26.9 Å². The van der Waals surface area contributed by atoms with Crippen LogP contribution in [0, 0.1) is 6.92 Å². The molecule has 1 aromatic heterocycles. The van der Waals surface area contributed by atoms with Crippen LogP contribution in [0.25, 0.3) is 0 Å². The highest BCUT2D eigenvalue weighted by Crippen LogP contribution is 2.14. The van der Waals surface area contributed by atoms with E-state index in [0.29, 0.717) is 12.4 Å². The molecule has 0 spiro atoms. The number of hydrogen-bond acceptors (Lipinski definition) is 5. The number of nitrogens with zero attached hydrogens (tertiary/aromatic N) is 2. The van der Waals surface area contributed by atoms with Crippen molar-refractivity contribution in [3.05, 3.63) is 29.8 Å². The molecule has 1 atom stereocenters. The lowest BCUT2D eigenvalue weighted by atomic mass is 10.2. The van der Waals surface area contributed by atoms with Crippen molar-refractivity contribution in [2.24, 2.45) is 0 Å². The highest BCUT2D eigenvalue weighted by atomic mass is 16.5. The van der Waals surface area contributed by atoms with Crippen molar-refractivity contribution < 1.29 is 14.3 Å². The van der Waals surface area contributed by atoms with Gasteiger partial charge in [-0.1, -0.05) is 17.7 Å². The minimum absolute atomic E-state index is 0.194. The molecule has 0 bridgehead atoms. The van der Waals surface area contributed by atoms with Crippen LogP contribution in [-0.4, -0.2) is 33.8 Å². The van der Waals surface area contributed by atoms with Crippen molar-refractivity contribution in [3.8, 4) is 11.8 Å². The van der Waals surface area contributed by atoms with Crippen LogP contribution in [0.3, 0.4) is 0 Å². The monoisotopic (exact) mass is 290 g/mol. The van der Waals surface area contributed by atoms with Crippen LogP contribution in [0.1, 0.15) is 19.4 Å². The summed E-state index contributed by atoms with van der Waals surface area (Å²) in [5.41, 5.74) is 1.13. The van der Waals surface area contributed by atoms with Gasteiger partial charge in [-0.2, -0.15) is 4.98 Å². The first-order valence-electron chi connectivity index (χ1n) is 6.68. The first kappa shape index (κ1) is 14.8. The van der Waals surface area contributed by atoms with Gasteiger partial charge in [0, 0.05) is 0 Å². The highest BCUT2D eigenvalue weighted by molar-refractivity contribution is 5.92. The van der Waals surface area contributed by atoms with E-state index in [4.69, 9.17) is 9.47 Å². The summed E-state index contributed by atoms with van der Waals surface area (Å²) >= 11 is 0. The molecule has 2 rings (SSSR count). The lowest BCUT2D eigenvalue weighted by Crippen LogP contribution is -2.30. The Morgan fingerprint density at radius 1 is 1.38 bits per heavy atom. The van der Waals surface area contributed by atoms with Gasteiger partial charge in [0.1, 0.15) is 5.75 Å². The van der Waals surface area contributed by atoms with E-state index < -0.39 is 6.10 Å². The van der Waals surface area contributed by atoms with E-state index in [2.05, 4.69) is 20.5 Å². The number of ether oxygens (including phenoxy) is 2. The first-order valence-corrected chi connectivity index (χ1v) is 6.68.